The van der Waals surface area contributed by atoms with Crippen molar-refractivity contribution in [2.24, 2.45) is 0 Å². The van der Waals surface area contributed by atoms with Crippen LogP contribution in [0.4, 0.5) is 5.69 Å². The Kier molecular flexibility index (Phi) is 3.64. The Morgan fingerprint density at radius 2 is 2.12 bits per heavy atom. The van der Waals surface area contributed by atoms with Gasteiger partial charge in [0, 0.05) is 18.8 Å². The van der Waals surface area contributed by atoms with Crippen molar-refractivity contribution < 1.29 is 5.11 Å². The molecule has 1 aromatic carbocycles. The minimum Gasteiger partial charge on any atom is -0.399 e. The molecule has 0 aliphatic heterocycles. The topological polar surface area (TPSA) is 64.1 Å². The third-order valence-electron chi connectivity index (χ3n) is 3.00. The second-order valence-corrected chi connectivity index (χ2v) is 4.34. The smallest absolute Gasteiger partial charge is 0.106 e. The maximum absolute atomic E-state index is 8.75. The van der Waals surface area contributed by atoms with Crippen molar-refractivity contribution in [1.29, 1.82) is 0 Å². The first-order valence-corrected chi connectivity index (χ1v) is 6.05. The van der Waals surface area contributed by atoms with Crippen LogP contribution in [0.15, 0.2) is 18.2 Å². The molecule has 17 heavy (non-hydrogen) atoms. The molecule has 92 valence electrons. The third kappa shape index (κ3) is 2.58. The normalized spacial score (nSPS) is 11.2. The summed E-state index contributed by atoms with van der Waals surface area (Å²) < 4.78 is 2.21. The first kappa shape index (κ1) is 11.9. The minimum atomic E-state index is 0.278. The summed E-state index contributed by atoms with van der Waals surface area (Å²) in [5.74, 6) is 1.02. The van der Waals surface area contributed by atoms with Gasteiger partial charge in [-0.1, -0.05) is 0 Å². The van der Waals surface area contributed by atoms with E-state index < -0.39 is 0 Å². The van der Waals surface area contributed by atoms with Gasteiger partial charge in [0.1, 0.15) is 5.82 Å². The molecule has 0 bridgehead atoms. The Morgan fingerprint density at radius 3 is 2.88 bits per heavy atom. The first-order chi connectivity index (χ1) is 8.22. The fourth-order valence-corrected chi connectivity index (χ4v) is 2.11. The Labute approximate surface area is 101 Å². The zero-order chi connectivity index (χ0) is 12.3. The van der Waals surface area contributed by atoms with Crippen LogP contribution in [0.2, 0.25) is 0 Å². The van der Waals surface area contributed by atoms with Gasteiger partial charge in [-0.3, -0.25) is 0 Å². The second kappa shape index (κ2) is 5.19. The summed E-state index contributed by atoms with van der Waals surface area (Å²) in [6.07, 6.45) is 2.99. The molecule has 0 spiro atoms. The van der Waals surface area contributed by atoms with Gasteiger partial charge >= 0.3 is 0 Å². The molecule has 0 unspecified atom stereocenters. The van der Waals surface area contributed by atoms with Crippen molar-refractivity contribution >= 4 is 16.7 Å². The number of nitrogens with zero attached hydrogens (tertiary/aromatic N) is 2. The fourth-order valence-electron chi connectivity index (χ4n) is 2.11. The number of aryl methyl sites for hydroxylation is 2. The number of imidazole rings is 1. The maximum Gasteiger partial charge on any atom is 0.106 e. The molecule has 1 heterocycles. The average Bonchev–Trinajstić information content (AvgIpc) is 2.60. The highest BCUT2D eigenvalue weighted by Gasteiger charge is 2.06. The van der Waals surface area contributed by atoms with Crippen LogP contribution < -0.4 is 5.73 Å². The van der Waals surface area contributed by atoms with E-state index in [9.17, 15) is 0 Å². The van der Waals surface area contributed by atoms with Gasteiger partial charge in [0.15, 0.2) is 0 Å². The molecule has 3 N–H and O–H groups in total. The van der Waals surface area contributed by atoms with E-state index in [2.05, 4.69) is 9.55 Å². The Bertz CT molecular complexity index is 505. The zero-order valence-electron chi connectivity index (χ0n) is 10.2. The van der Waals surface area contributed by atoms with Gasteiger partial charge in [0.05, 0.1) is 11.0 Å². The van der Waals surface area contributed by atoms with E-state index in [1.54, 1.807) is 0 Å². The van der Waals surface area contributed by atoms with Crippen molar-refractivity contribution in [2.45, 2.75) is 32.7 Å². The average molecular weight is 233 g/mol. The van der Waals surface area contributed by atoms with Crippen LogP contribution in [-0.4, -0.2) is 21.3 Å². The molecule has 4 nitrogen and oxygen atoms in total. The molecule has 0 atom stereocenters. The number of hydrogen-bond donors (Lipinski definition) is 2. The molecule has 0 fully saturated rings. The van der Waals surface area contributed by atoms with Gasteiger partial charge in [-0.05, 0) is 44.4 Å². The first-order valence-electron chi connectivity index (χ1n) is 6.05. The molecular weight excluding hydrogens is 214 g/mol. The summed E-state index contributed by atoms with van der Waals surface area (Å²) in [7, 11) is 0. The van der Waals surface area contributed by atoms with Crippen LogP contribution in [0, 0.1) is 6.92 Å². The van der Waals surface area contributed by atoms with Gasteiger partial charge in [-0.2, -0.15) is 0 Å². The molecule has 0 radical (unpaired) electrons. The van der Waals surface area contributed by atoms with Crippen LogP contribution in [-0.2, 0) is 6.54 Å². The van der Waals surface area contributed by atoms with Crippen LogP contribution in [0.3, 0.4) is 0 Å². The number of benzene rings is 1. The molecule has 0 aliphatic rings. The highest BCUT2D eigenvalue weighted by atomic mass is 16.2. The van der Waals surface area contributed by atoms with Gasteiger partial charge in [0.2, 0.25) is 0 Å². The SMILES string of the molecule is Cc1nc2cc(N)ccc2n1CCCCCO. The molecule has 2 rings (SSSR count). The Morgan fingerprint density at radius 1 is 1.29 bits per heavy atom. The summed E-state index contributed by atoms with van der Waals surface area (Å²) in [5, 5.41) is 8.75. The van der Waals surface area contributed by atoms with Crippen molar-refractivity contribution in [3.63, 3.8) is 0 Å². The summed E-state index contributed by atoms with van der Waals surface area (Å²) in [6.45, 7) is 3.24. The monoisotopic (exact) mass is 233 g/mol. The Hall–Kier alpha value is -1.55. The minimum absolute atomic E-state index is 0.278. The fraction of sp³-hybridized carbons (Fsp3) is 0.462. The van der Waals surface area contributed by atoms with Crippen LogP contribution in [0.25, 0.3) is 11.0 Å². The zero-order valence-corrected chi connectivity index (χ0v) is 10.2. The molecule has 2 aromatic rings. The van der Waals surface area contributed by atoms with E-state index in [1.165, 1.54) is 0 Å². The van der Waals surface area contributed by atoms with Crippen LogP contribution >= 0.6 is 0 Å². The van der Waals surface area contributed by atoms with Crippen molar-refractivity contribution in [3.05, 3.63) is 24.0 Å². The molecule has 0 amide bonds. The molecular formula is C13H19N3O. The lowest BCUT2D eigenvalue weighted by atomic mass is 10.2. The molecule has 0 aliphatic carbocycles. The van der Waals surface area contributed by atoms with Gasteiger partial charge in [0.25, 0.3) is 0 Å². The standard InChI is InChI=1S/C13H19N3O/c1-10-15-12-9-11(14)5-6-13(12)16(10)7-3-2-4-8-17/h5-6,9,17H,2-4,7-8,14H2,1H3. The number of hydrogen-bond acceptors (Lipinski definition) is 3. The van der Waals surface area contributed by atoms with Crippen molar-refractivity contribution in [1.82, 2.24) is 9.55 Å². The van der Waals surface area contributed by atoms with Crippen LogP contribution in [0.1, 0.15) is 25.1 Å². The molecule has 1 aromatic heterocycles. The number of aliphatic hydroxyl groups excluding tert-OH is 1. The van der Waals surface area contributed by atoms with Gasteiger partial charge in [-0.25, -0.2) is 4.98 Å². The highest BCUT2D eigenvalue weighted by Crippen LogP contribution is 2.19. The molecule has 0 saturated carbocycles. The number of aromatic nitrogens is 2. The van der Waals surface area contributed by atoms with E-state index in [1.807, 2.05) is 25.1 Å². The lowest BCUT2D eigenvalue weighted by molar-refractivity contribution is 0.282. The third-order valence-corrected chi connectivity index (χ3v) is 3.00. The van der Waals surface area contributed by atoms with E-state index in [0.29, 0.717) is 0 Å². The van der Waals surface area contributed by atoms with Crippen molar-refractivity contribution in [2.75, 3.05) is 12.3 Å². The number of unbranched alkanes of at least 4 members (excludes halogenated alkanes) is 2. The van der Waals surface area contributed by atoms with E-state index in [-0.39, 0.29) is 6.61 Å². The number of anilines is 1. The number of nitrogen functional groups attached to an aromatic ring is 1. The van der Waals surface area contributed by atoms with Gasteiger partial charge < -0.3 is 15.4 Å². The molecule has 4 heteroatoms. The van der Waals surface area contributed by atoms with Crippen molar-refractivity contribution in [3.8, 4) is 0 Å². The summed E-state index contributed by atoms with van der Waals surface area (Å²) in [6, 6.07) is 5.84. The predicted molar refractivity (Wildman–Crippen MR) is 69.8 cm³/mol. The number of fused-ring (bicyclic) bond motifs is 1. The van der Waals surface area contributed by atoms with Crippen LogP contribution in [0.5, 0.6) is 0 Å². The number of aliphatic hydroxyl groups is 1. The lowest BCUT2D eigenvalue weighted by Gasteiger charge is -2.06. The lowest BCUT2D eigenvalue weighted by Crippen LogP contribution is -2.01. The predicted octanol–water partition coefficient (Wildman–Crippen LogP) is 2.09. The van der Waals surface area contributed by atoms with E-state index >= 15 is 0 Å². The van der Waals surface area contributed by atoms with E-state index in [0.717, 1.165) is 48.4 Å². The molecule has 0 saturated heterocycles. The number of rotatable bonds is 5. The summed E-state index contributed by atoms with van der Waals surface area (Å²) >= 11 is 0. The quantitative estimate of drug-likeness (QED) is 0.614. The highest BCUT2D eigenvalue weighted by molar-refractivity contribution is 5.79. The largest absolute Gasteiger partial charge is 0.399 e. The second-order valence-electron chi connectivity index (χ2n) is 4.34. The van der Waals surface area contributed by atoms with Gasteiger partial charge in [-0.15, -0.1) is 0 Å². The Balaban J connectivity index is 2.18. The summed E-state index contributed by atoms with van der Waals surface area (Å²) in [4.78, 5) is 4.51. The maximum atomic E-state index is 8.75. The van der Waals surface area contributed by atoms with E-state index in [4.69, 9.17) is 10.8 Å². The summed E-state index contributed by atoms with van der Waals surface area (Å²) in [5.41, 5.74) is 8.60. The number of nitrogens with two attached hydrogens (primary N) is 1.